The maximum absolute atomic E-state index is 14.5. The van der Waals surface area contributed by atoms with E-state index in [1.807, 2.05) is 4.90 Å². The van der Waals surface area contributed by atoms with E-state index in [9.17, 15) is 13.4 Å². The number of ether oxygens (including phenoxy) is 1. The normalized spacial score (nSPS) is 18.0. The Morgan fingerprint density at radius 3 is 2.54 bits per heavy atom. The van der Waals surface area contributed by atoms with Crippen molar-refractivity contribution < 1.29 is 18.1 Å². The van der Waals surface area contributed by atoms with Crippen molar-refractivity contribution in [1.29, 1.82) is 0 Å². The van der Waals surface area contributed by atoms with E-state index in [4.69, 9.17) is 4.74 Å². The number of piperazine rings is 1. The zero-order chi connectivity index (χ0) is 18.0. The second-order valence-electron chi connectivity index (χ2n) is 6.70. The summed E-state index contributed by atoms with van der Waals surface area (Å²) in [7, 11) is -3.28. The van der Waals surface area contributed by atoms with Crippen LogP contribution in [0.5, 0.6) is 0 Å². The van der Waals surface area contributed by atoms with E-state index in [-0.39, 0.29) is 4.90 Å². The standard InChI is InChI=1S/C16H24FN3O3S/c1-16(2,3)23-15(21)19-24(4,22)14-12(17)6-5-7-13(14)20-10-8-18-9-11-20/h5-7,18H,8-11H2,1-4H3. The topological polar surface area (TPSA) is 71.0 Å². The monoisotopic (exact) mass is 357 g/mol. The highest BCUT2D eigenvalue weighted by molar-refractivity contribution is 7.93. The van der Waals surface area contributed by atoms with Crippen molar-refractivity contribution in [2.24, 2.45) is 4.36 Å². The average Bonchev–Trinajstić information content (AvgIpc) is 2.44. The summed E-state index contributed by atoms with van der Waals surface area (Å²) >= 11 is 0. The van der Waals surface area contributed by atoms with E-state index in [1.165, 1.54) is 12.3 Å². The molecule has 0 aromatic heterocycles. The van der Waals surface area contributed by atoms with E-state index in [0.717, 1.165) is 13.1 Å². The third-order valence-electron chi connectivity index (χ3n) is 3.42. The van der Waals surface area contributed by atoms with Crippen LogP contribution in [0, 0.1) is 5.82 Å². The maximum Gasteiger partial charge on any atom is 0.442 e. The van der Waals surface area contributed by atoms with Crippen LogP contribution < -0.4 is 10.2 Å². The molecule has 0 bridgehead atoms. The predicted octanol–water partition coefficient (Wildman–Crippen LogP) is 2.63. The summed E-state index contributed by atoms with van der Waals surface area (Å²) in [4.78, 5) is 13.8. The molecule has 1 aromatic carbocycles. The van der Waals surface area contributed by atoms with E-state index < -0.39 is 27.2 Å². The van der Waals surface area contributed by atoms with Gasteiger partial charge in [0.05, 0.1) is 15.4 Å². The third kappa shape index (κ3) is 4.67. The van der Waals surface area contributed by atoms with Crippen molar-refractivity contribution in [3.05, 3.63) is 24.0 Å². The van der Waals surface area contributed by atoms with Gasteiger partial charge >= 0.3 is 6.09 Å². The smallest absolute Gasteiger partial charge is 0.442 e. The van der Waals surface area contributed by atoms with Crippen LogP contribution in [0.1, 0.15) is 20.8 Å². The second-order valence-corrected chi connectivity index (χ2v) is 8.90. The van der Waals surface area contributed by atoms with Gasteiger partial charge in [0.25, 0.3) is 0 Å². The predicted molar refractivity (Wildman–Crippen MR) is 92.5 cm³/mol. The first-order valence-corrected chi connectivity index (χ1v) is 9.72. The molecular weight excluding hydrogens is 333 g/mol. The van der Waals surface area contributed by atoms with Gasteiger partial charge in [-0.15, -0.1) is 4.36 Å². The van der Waals surface area contributed by atoms with E-state index >= 15 is 0 Å². The summed E-state index contributed by atoms with van der Waals surface area (Å²) in [6.45, 7) is 7.90. The highest BCUT2D eigenvalue weighted by Gasteiger charge is 2.25. The van der Waals surface area contributed by atoms with Gasteiger partial charge in [0.1, 0.15) is 16.3 Å². The van der Waals surface area contributed by atoms with Crippen LogP contribution in [0.25, 0.3) is 0 Å². The molecule has 0 radical (unpaired) electrons. The Kier molecular flexibility index (Phi) is 5.49. The Bertz CT molecular complexity index is 731. The van der Waals surface area contributed by atoms with Gasteiger partial charge in [0, 0.05) is 32.4 Å². The molecule has 6 nitrogen and oxygen atoms in total. The van der Waals surface area contributed by atoms with Gasteiger partial charge in [-0.1, -0.05) is 6.07 Å². The van der Waals surface area contributed by atoms with Gasteiger partial charge in [0.2, 0.25) is 0 Å². The van der Waals surface area contributed by atoms with Crippen molar-refractivity contribution >= 4 is 21.5 Å². The Balaban J connectivity index is 2.46. The highest BCUT2D eigenvalue weighted by atomic mass is 32.2. The number of rotatable bonds is 2. The lowest BCUT2D eigenvalue weighted by Gasteiger charge is -2.31. The van der Waals surface area contributed by atoms with E-state index in [2.05, 4.69) is 9.68 Å². The SMILES string of the molecule is CC(C)(C)OC(=O)N=S(C)(=O)c1c(F)cccc1N1CCNCC1. The number of carbonyl (C=O) groups is 1. The summed E-state index contributed by atoms with van der Waals surface area (Å²) in [5, 5.41) is 3.21. The summed E-state index contributed by atoms with van der Waals surface area (Å²) in [6.07, 6.45) is 0.311. The Hall–Kier alpha value is -1.67. The Labute approximate surface area is 142 Å². The first kappa shape index (κ1) is 18.7. The summed E-state index contributed by atoms with van der Waals surface area (Å²) in [6, 6.07) is 4.51. The summed E-state index contributed by atoms with van der Waals surface area (Å²) in [5.41, 5.74) is -0.247. The average molecular weight is 357 g/mol. The quantitative estimate of drug-likeness (QED) is 0.881. The molecular formula is C16H24FN3O3S. The van der Waals surface area contributed by atoms with Crippen LogP contribution in [0.3, 0.4) is 0 Å². The van der Waals surface area contributed by atoms with Crippen LogP contribution >= 0.6 is 0 Å². The van der Waals surface area contributed by atoms with Gasteiger partial charge in [-0.25, -0.2) is 13.4 Å². The molecule has 1 heterocycles. The van der Waals surface area contributed by atoms with Gasteiger partial charge < -0.3 is 15.0 Å². The van der Waals surface area contributed by atoms with Gasteiger partial charge in [-0.3, -0.25) is 0 Å². The number of nitrogens with one attached hydrogen (secondary N) is 1. The molecule has 1 N–H and O–H groups in total. The summed E-state index contributed by atoms with van der Waals surface area (Å²) < 4.78 is 36.2. The Morgan fingerprint density at radius 2 is 1.96 bits per heavy atom. The molecule has 1 aliphatic heterocycles. The molecule has 24 heavy (non-hydrogen) atoms. The fourth-order valence-electron chi connectivity index (χ4n) is 2.50. The lowest BCUT2D eigenvalue weighted by molar-refractivity contribution is 0.0607. The number of hydrogen-bond acceptors (Lipinski definition) is 5. The number of amides is 1. The molecule has 1 atom stereocenters. The van der Waals surface area contributed by atoms with Crippen molar-refractivity contribution in [2.45, 2.75) is 31.3 Å². The lowest BCUT2D eigenvalue weighted by atomic mass is 10.2. The number of hydrogen-bond donors (Lipinski definition) is 1. The number of nitrogens with zero attached hydrogens (tertiary/aromatic N) is 2. The molecule has 0 aliphatic carbocycles. The van der Waals surface area contributed by atoms with Crippen molar-refractivity contribution in [2.75, 3.05) is 37.3 Å². The fraction of sp³-hybridized carbons (Fsp3) is 0.562. The molecule has 1 unspecified atom stereocenters. The van der Waals surface area contributed by atoms with Crippen molar-refractivity contribution in [3.8, 4) is 0 Å². The van der Waals surface area contributed by atoms with Crippen LogP contribution in [0.2, 0.25) is 0 Å². The third-order valence-corrected chi connectivity index (χ3v) is 5.08. The molecule has 8 heteroatoms. The van der Waals surface area contributed by atoms with Crippen LogP contribution in [0.4, 0.5) is 14.9 Å². The second kappa shape index (κ2) is 7.06. The minimum atomic E-state index is -3.28. The molecule has 134 valence electrons. The molecule has 1 aromatic rings. The van der Waals surface area contributed by atoms with Crippen LogP contribution in [-0.4, -0.2) is 48.3 Å². The Morgan fingerprint density at radius 1 is 1.33 bits per heavy atom. The minimum absolute atomic E-state index is 0.0437. The lowest BCUT2D eigenvalue weighted by Crippen LogP contribution is -2.44. The van der Waals surface area contributed by atoms with Gasteiger partial charge in [0.15, 0.2) is 0 Å². The zero-order valence-corrected chi connectivity index (χ0v) is 15.3. The first-order chi connectivity index (χ1) is 11.1. The maximum atomic E-state index is 14.5. The number of benzene rings is 1. The molecule has 1 saturated heterocycles. The molecule has 1 fully saturated rings. The molecule has 1 aliphatic rings. The fourth-order valence-corrected chi connectivity index (χ4v) is 3.92. The van der Waals surface area contributed by atoms with E-state index in [0.29, 0.717) is 18.8 Å². The van der Waals surface area contributed by atoms with Crippen LogP contribution in [-0.2, 0) is 14.5 Å². The first-order valence-electron chi connectivity index (χ1n) is 7.79. The van der Waals surface area contributed by atoms with E-state index in [1.54, 1.807) is 32.9 Å². The highest BCUT2D eigenvalue weighted by Crippen LogP contribution is 2.29. The molecule has 0 saturated carbocycles. The van der Waals surface area contributed by atoms with Crippen molar-refractivity contribution in [1.82, 2.24) is 5.32 Å². The summed E-state index contributed by atoms with van der Waals surface area (Å²) in [5.74, 6) is -0.633. The largest absolute Gasteiger partial charge is 0.442 e. The number of carbonyl (C=O) groups excluding carboxylic acids is 1. The molecule has 0 spiro atoms. The minimum Gasteiger partial charge on any atom is -0.442 e. The van der Waals surface area contributed by atoms with Crippen LogP contribution in [0.15, 0.2) is 27.5 Å². The van der Waals surface area contributed by atoms with Gasteiger partial charge in [-0.05, 0) is 32.9 Å². The van der Waals surface area contributed by atoms with Gasteiger partial charge in [-0.2, -0.15) is 0 Å². The van der Waals surface area contributed by atoms with Crippen molar-refractivity contribution in [3.63, 3.8) is 0 Å². The molecule has 1 amide bonds. The molecule has 2 rings (SSSR count). The number of anilines is 1. The zero-order valence-electron chi connectivity index (χ0n) is 14.5. The number of halogens is 1.